The van der Waals surface area contributed by atoms with Crippen LogP contribution < -0.4 is 5.32 Å². The van der Waals surface area contributed by atoms with E-state index in [9.17, 15) is 8.42 Å². The highest BCUT2D eigenvalue weighted by atomic mass is 32.2. The Morgan fingerprint density at radius 3 is 2.90 bits per heavy atom. The van der Waals surface area contributed by atoms with E-state index in [0.29, 0.717) is 24.7 Å². The lowest BCUT2D eigenvalue weighted by Crippen LogP contribution is -2.33. The summed E-state index contributed by atoms with van der Waals surface area (Å²) in [6.07, 6.45) is 4.07. The highest BCUT2D eigenvalue weighted by molar-refractivity contribution is 7.89. The normalized spacial score (nSPS) is 20.1. The maximum absolute atomic E-state index is 12.7. The first-order chi connectivity index (χ1) is 9.95. The lowest BCUT2D eigenvalue weighted by molar-refractivity contribution is 0.357. The number of nitrogens with zero attached hydrogens (tertiary/aromatic N) is 3. The van der Waals surface area contributed by atoms with Crippen molar-refractivity contribution in [3.63, 3.8) is 0 Å². The molecule has 1 aliphatic heterocycles. The Labute approximate surface area is 127 Å². The third kappa shape index (κ3) is 3.72. The number of anilines is 1. The van der Waals surface area contributed by atoms with E-state index in [1.807, 2.05) is 6.92 Å². The lowest BCUT2D eigenvalue weighted by atomic mass is 10.1. The van der Waals surface area contributed by atoms with Crippen LogP contribution in [-0.4, -0.2) is 62.9 Å². The third-order valence-corrected chi connectivity index (χ3v) is 5.70. The second-order valence-electron chi connectivity index (χ2n) is 5.60. The molecule has 1 atom stereocenters. The van der Waals surface area contributed by atoms with Gasteiger partial charge < -0.3 is 10.2 Å². The topological polar surface area (TPSA) is 65.5 Å². The van der Waals surface area contributed by atoms with Crippen LogP contribution in [0.15, 0.2) is 23.4 Å². The maximum atomic E-state index is 12.7. The van der Waals surface area contributed by atoms with Crippen LogP contribution in [0.4, 0.5) is 5.69 Å². The molecule has 2 heterocycles. The van der Waals surface area contributed by atoms with E-state index in [4.69, 9.17) is 0 Å². The Kier molecular flexibility index (Phi) is 5.18. The number of nitrogens with one attached hydrogen (secondary N) is 1. The summed E-state index contributed by atoms with van der Waals surface area (Å²) in [5.41, 5.74) is 0.614. The van der Waals surface area contributed by atoms with E-state index >= 15 is 0 Å². The molecule has 1 saturated heterocycles. The predicted octanol–water partition coefficient (Wildman–Crippen LogP) is 1.09. The fourth-order valence-corrected chi connectivity index (χ4v) is 4.08. The van der Waals surface area contributed by atoms with Crippen molar-refractivity contribution < 1.29 is 8.42 Å². The molecule has 0 saturated carbocycles. The van der Waals surface area contributed by atoms with Gasteiger partial charge in [-0.15, -0.1) is 0 Å². The van der Waals surface area contributed by atoms with Gasteiger partial charge in [0.2, 0.25) is 10.0 Å². The van der Waals surface area contributed by atoms with Gasteiger partial charge in [-0.3, -0.25) is 4.98 Å². The third-order valence-electron chi connectivity index (χ3n) is 3.84. The van der Waals surface area contributed by atoms with Crippen molar-refractivity contribution in [3.05, 3.63) is 18.5 Å². The van der Waals surface area contributed by atoms with E-state index < -0.39 is 10.0 Å². The van der Waals surface area contributed by atoms with Crippen molar-refractivity contribution in [2.75, 3.05) is 45.6 Å². The highest BCUT2D eigenvalue weighted by Crippen LogP contribution is 2.24. The molecule has 7 heteroatoms. The summed E-state index contributed by atoms with van der Waals surface area (Å²) in [6.45, 7) is 5.15. The molecular weight excluding hydrogens is 288 g/mol. The molecule has 0 aromatic carbocycles. The Bertz CT molecular complexity index is 576. The molecule has 1 fully saturated rings. The monoisotopic (exact) mass is 312 g/mol. The van der Waals surface area contributed by atoms with Crippen molar-refractivity contribution in [1.82, 2.24) is 14.2 Å². The summed E-state index contributed by atoms with van der Waals surface area (Å²) in [5, 5.41) is 3.08. The fourth-order valence-electron chi connectivity index (χ4n) is 2.73. The van der Waals surface area contributed by atoms with Gasteiger partial charge in [0.05, 0.1) is 5.69 Å². The Morgan fingerprint density at radius 1 is 1.52 bits per heavy atom. The summed E-state index contributed by atoms with van der Waals surface area (Å²) < 4.78 is 26.9. The van der Waals surface area contributed by atoms with Crippen LogP contribution in [0.1, 0.15) is 13.3 Å². The van der Waals surface area contributed by atoms with Crippen LogP contribution in [0.25, 0.3) is 0 Å². The highest BCUT2D eigenvalue weighted by Gasteiger charge is 2.28. The first-order valence-electron chi connectivity index (χ1n) is 7.28. The second-order valence-corrected chi connectivity index (χ2v) is 7.62. The standard InChI is InChI=1S/C14H24N4O2S/c1-4-16-13-5-7-15-9-14(13)21(19,20)18(3)11-12-6-8-17(2)10-12/h5,7,9,12H,4,6,8,10-11H2,1-3H3,(H,15,16). The molecular formula is C14H24N4O2S. The zero-order valence-electron chi connectivity index (χ0n) is 12.9. The summed E-state index contributed by atoms with van der Waals surface area (Å²) in [7, 11) is 0.211. The number of likely N-dealkylation sites (tertiary alicyclic amines) is 1. The summed E-state index contributed by atoms with van der Waals surface area (Å²) in [4.78, 5) is 6.45. The Hall–Kier alpha value is -1.18. The Morgan fingerprint density at radius 2 is 2.29 bits per heavy atom. The van der Waals surface area contributed by atoms with Crippen LogP contribution in [-0.2, 0) is 10.0 Å². The number of hydrogen-bond acceptors (Lipinski definition) is 5. The minimum Gasteiger partial charge on any atom is -0.384 e. The van der Waals surface area contributed by atoms with Crippen LogP contribution in [0, 0.1) is 5.92 Å². The predicted molar refractivity (Wildman–Crippen MR) is 83.8 cm³/mol. The van der Waals surface area contributed by atoms with Crippen molar-refractivity contribution in [2.45, 2.75) is 18.2 Å². The average molecular weight is 312 g/mol. The van der Waals surface area contributed by atoms with Gasteiger partial charge in [0.25, 0.3) is 0 Å². The molecule has 2 rings (SSSR count). The SMILES string of the molecule is CCNc1ccncc1S(=O)(=O)N(C)CC1CCN(C)C1. The zero-order valence-corrected chi connectivity index (χ0v) is 13.7. The largest absolute Gasteiger partial charge is 0.384 e. The number of aromatic nitrogens is 1. The summed E-state index contributed by atoms with van der Waals surface area (Å²) in [6, 6.07) is 1.70. The Balaban J connectivity index is 2.17. The molecule has 1 N–H and O–H groups in total. The molecule has 0 amide bonds. The summed E-state index contributed by atoms with van der Waals surface area (Å²) >= 11 is 0. The fraction of sp³-hybridized carbons (Fsp3) is 0.643. The molecule has 21 heavy (non-hydrogen) atoms. The van der Waals surface area contributed by atoms with Crippen LogP contribution in [0.2, 0.25) is 0 Å². The van der Waals surface area contributed by atoms with Gasteiger partial charge in [-0.25, -0.2) is 12.7 Å². The van der Waals surface area contributed by atoms with Gasteiger partial charge in [0.15, 0.2) is 0 Å². The van der Waals surface area contributed by atoms with Gasteiger partial charge in [0, 0.05) is 39.1 Å². The van der Waals surface area contributed by atoms with Crippen molar-refractivity contribution in [3.8, 4) is 0 Å². The van der Waals surface area contributed by atoms with E-state index in [1.165, 1.54) is 10.5 Å². The van der Waals surface area contributed by atoms with Gasteiger partial charge in [-0.05, 0) is 38.9 Å². The van der Waals surface area contributed by atoms with Crippen LogP contribution in [0.3, 0.4) is 0 Å². The van der Waals surface area contributed by atoms with E-state index in [2.05, 4.69) is 22.2 Å². The molecule has 1 aliphatic rings. The smallest absolute Gasteiger partial charge is 0.246 e. The molecule has 1 unspecified atom stereocenters. The molecule has 1 aromatic heterocycles. The first-order valence-corrected chi connectivity index (χ1v) is 8.72. The van der Waals surface area contributed by atoms with E-state index in [0.717, 1.165) is 19.5 Å². The maximum Gasteiger partial charge on any atom is 0.246 e. The van der Waals surface area contributed by atoms with Crippen molar-refractivity contribution in [2.24, 2.45) is 5.92 Å². The minimum absolute atomic E-state index is 0.251. The van der Waals surface area contributed by atoms with Crippen LogP contribution in [0.5, 0.6) is 0 Å². The molecule has 1 aromatic rings. The van der Waals surface area contributed by atoms with Gasteiger partial charge in [0.1, 0.15) is 4.90 Å². The molecule has 118 valence electrons. The minimum atomic E-state index is -3.51. The second kappa shape index (κ2) is 6.72. The number of pyridine rings is 1. The number of rotatable bonds is 6. The van der Waals surface area contributed by atoms with Gasteiger partial charge >= 0.3 is 0 Å². The molecule has 0 aliphatic carbocycles. The zero-order chi connectivity index (χ0) is 15.5. The van der Waals surface area contributed by atoms with E-state index in [1.54, 1.807) is 19.3 Å². The van der Waals surface area contributed by atoms with Crippen molar-refractivity contribution in [1.29, 1.82) is 0 Å². The quantitative estimate of drug-likeness (QED) is 0.852. The summed E-state index contributed by atoms with van der Waals surface area (Å²) in [5.74, 6) is 0.397. The number of hydrogen-bond donors (Lipinski definition) is 1. The van der Waals surface area contributed by atoms with Gasteiger partial charge in [-0.1, -0.05) is 0 Å². The van der Waals surface area contributed by atoms with E-state index in [-0.39, 0.29) is 4.90 Å². The molecule has 6 nitrogen and oxygen atoms in total. The van der Waals surface area contributed by atoms with Gasteiger partial charge in [-0.2, -0.15) is 0 Å². The molecule has 0 radical (unpaired) electrons. The lowest BCUT2D eigenvalue weighted by Gasteiger charge is -2.22. The van der Waals surface area contributed by atoms with Crippen molar-refractivity contribution >= 4 is 15.7 Å². The molecule has 0 bridgehead atoms. The average Bonchev–Trinajstić information content (AvgIpc) is 2.85. The number of sulfonamides is 1. The molecule has 0 spiro atoms. The first kappa shape index (κ1) is 16.2. The van der Waals surface area contributed by atoms with Crippen LogP contribution >= 0.6 is 0 Å².